The molecule has 8 nitrogen and oxygen atoms in total. The summed E-state index contributed by atoms with van der Waals surface area (Å²) in [5, 5.41) is 7.18. The number of benzene rings is 1. The van der Waals surface area contributed by atoms with Gasteiger partial charge in [0.2, 0.25) is 0 Å². The fourth-order valence-corrected chi connectivity index (χ4v) is 5.04. The van der Waals surface area contributed by atoms with Crippen LogP contribution in [0.25, 0.3) is 6.08 Å². The lowest BCUT2D eigenvalue weighted by atomic mass is 10.00. The maximum atomic E-state index is 13.6. The lowest BCUT2D eigenvalue weighted by Gasteiger charge is -2.23. The molecule has 1 aliphatic heterocycles. The van der Waals surface area contributed by atoms with Crippen molar-refractivity contribution in [2.24, 2.45) is 12.0 Å². The number of furan rings is 1. The number of carbonyl (C=O) groups excluding carboxylic acids is 1. The van der Waals surface area contributed by atoms with Crippen molar-refractivity contribution >= 4 is 29.0 Å². The lowest BCUT2D eigenvalue weighted by Crippen LogP contribution is -2.40. The van der Waals surface area contributed by atoms with Crippen LogP contribution in [0.15, 0.2) is 74.1 Å². The van der Waals surface area contributed by atoms with Crippen LogP contribution in [0.1, 0.15) is 35.7 Å². The fraction of sp³-hybridized carbons (Fsp3) is 0.200. The molecule has 0 fully saturated rings. The van der Waals surface area contributed by atoms with Crippen molar-refractivity contribution < 1.29 is 9.21 Å². The Bertz CT molecular complexity index is 1620. The molecule has 1 atom stereocenters. The second-order valence-electron chi connectivity index (χ2n) is 8.16. The summed E-state index contributed by atoms with van der Waals surface area (Å²) in [4.78, 5) is 32.2. The average molecular weight is 474 g/mol. The highest BCUT2D eigenvalue weighted by molar-refractivity contribution is 7.07. The van der Waals surface area contributed by atoms with E-state index in [4.69, 9.17) is 4.42 Å². The molecule has 34 heavy (non-hydrogen) atoms. The Balaban J connectivity index is 1.68. The number of para-hydroxylation sites is 1. The second-order valence-corrected chi connectivity index (χ2v) is 9.17. The third-order valence-corrected chi connectivity index (χ3v) is 6.87. The number of thiazole rings is 1. The van der Waals surface area contributed by atoms with E-state index in [1.807, 2.05) is 63.4 Å². The molecule has 1 N–H and O–H groups in total. The van der Waals surface area contributed by atoms with Crippen LogP contribution in [-0.2, 0) is 11.8 Å². The molecule has 1 aliphatic rings. The van der Waals surface area contributed by atoms with Crippen LogP contribution < -0.4 is 20.2 Å². The first-order valence-electron chi connectivity index (χ1n) is 10.8. The number of hydrogen-bond acceptors (Lipinski definition) is 6. The third-order valence-electron chi connectivity index (χ3n) is 5.89. The van der Waals surface area contributed by atoms with Gasteiger partial charge >= 0.3 is 0 Å². The van der Waals surface area contributed by atoms with E-state index in [1.165, 1.54) is 11.3 Å². The fourth-order valence-electron chi connectivity index (χ4n) is 4.00. The Kier molecular flexibility index (Phi) is 5.41. The van der Waals surface area contributed by atoms with Gasteiger partial charge in [0, 0.05) is 24.0 Å². The Hall–Kier alpha value is -3.98. The number of amides is 1. The largest absolute Gasteiger partial charge is 0.464 e. The number of fused-ring (bicyclic) bond motifs is 1. The van der Waals surface area contributed by atoms with Crippen LogP contribution in [0.5, 0.6) is 0 Å². The number of anilines is 1. The van der Waals surface area contributed by atoms with Crippen molar-refractivity contribution in [3.8, 4) is 0 Å². The maximum Gasteiger partial charge on any atom is 0.271 e. The van der Waals surface area contributed by atoms with Gasteiger partial charge in [-0.05, 0) is 51.1 Å². The number of aryl methyl sites for hydroxylation is 2. The minimum atomic E-state index is -0.731. The summed E-state index contributed by atoms with van der Waals surface area (Å²) in [5.74, 6) is 0.875. The monoisotopic (exact) mass is 473 g/mol. The third kappa shape index (κ3) is 3.73. The predicted octanol–water partition coefficient (Wildman–Crippen LogP) is 2.82. The van der Waals surface area contributed by atoms with Crippen LogP contribution in [0.4, 0.5) is 5.69 Å². The zero-order chi connectivity index (χ0) is 24.0. The standard InChI is InChI=1S/C25H23N5O3S/c1-14-10-11-19(33-14)22-21(23(31)28-18-8-6-5-7-9-18)15(2)27-25-30(22)24(32)20(34-25)12-17-13-26-29(4)16(17)3/h5-13,22H,1-4H3,(H,28,31). The predicted molar refractivity (Wildman–Crippen MR) is 130 cm³/mol. The number of nitrogens with one attached hydrogen (secondary N) is 1. The van der Waals surface area contributed by atoms with Crippen molar-refractivity contribution in [2.45, 2.75) is 26.8 Å². The van der Waals surface area contributed by atoms with Crippen molar-refractivity contribution in [2.75, 3.05) is 5.32 Å². The maximum absolute atomic E-state index is 13.6. The van der Waals surface area contributed by atoms with Gasteiger partial charge in [0.15, 0.2) is 4.80 Å². The van der Waals surface area contributed by atoms with Crippen LogP contribution in [0.3, 0.4) is 0 Å². The number of rotatable bonds is 4. The first kappa shape index (κ1) is 21.8. The van der Waals surface area contributed by atoms with Gasteiger partial charge in [-0.1, -0.05) is 29.5 Å². The molecule has 1 aromatic carbocycles. The second kappa shape index (κ2) is 8.42. The molecule has 0 saturated heterocycles. The van der Waals surface area contributed by atoms with Gasteiger partial charge in [-0.3, -0.25) is 18.8 Å². The van der Waals surface area contributed by atoms with E-state index in [0.717, 1.165) is 11.3 Å². The molecule has 0 radical (unpaired) electrons. The van der Waals surface area contributed by atoms with Gasteiger partial charge in [-0.2, -0.15) is 5.10 Å². The van der Waals surface area contributed by atoms with Gasteiger partial charge < -0.3 is 9.73 Å². The smallest absolute Gasteiger partial charge is 0.271 e. The SMILES string of the molecule is CC1=C(C(=O)Nc2ccccc2)C(c2ccc(C)o2)n2c(sc(=Cc3cnn(C)c3C)c2=O)=N1. The van der Waals surface area contributed by atoms with E-state index in [2.05, 4.69) is 15.4 Å². The van der Waals surface area contributed by atoms with Crippen molar-refractivity contribution in [3.05, 3.63) is 102 Å². The van der Waals surface area contributed by atoms with E-state index in [-0.39, 0.29) is 11.5 Å². The van der Waals surface area contributed by atoms with Crippen LogP contribution in [-0.4, -0.2) is 20.3 Å². The van der Waals surface area contributed by atoms with E-state index in [1.54, 1.807) is 28.4 Å². The highest BCUT2D eigenvalue weighted by Crippen LogP contribution is 2.31. The van der Waals surface area contributed by atoms with Crippen LogP contribution in [0.2, 0.25) is 0 Å². The van der Waals surface area contributed by atoms with Crippen LogP contribution in [0, 0.1) is 13.8 Å². The summed E-state index contributed by atoms with van der Waals surface area (Å²) >= 11 is 1.29. The highest BCUT2D eigenvalue weighted by atomic mass is 32.1. The molecule has 1 amide bonds. The average Bonchev–Trinajstić information content (AvgIpc) is 3.47. The van der Waals surface area contributed by atoms with E-state index in [9.17, 15) is 9.59 Å². The summed E-state index contributed by atoms with van der Waals surface area (Å²) in [6, 6.07) is 12.1. The first-order chi connectivity index (χ1) is 16.3. The number of nitrogens with zero attached hydrogens (tertiary/aromatic N) is 4. The molecule has 0 bridgehead atoms. The van der Waals surface area contributed by atoms with Crippen molar-refractivity contribution in [1.82, 2.24) is 14.3 Å². The number of hydrogen-bond donors (Lipinski definition) is 1. The van der Waals surface area contributed by atoms with Gasteiger partial charge in [0.25, 0.3) is 11.5 Å². The zero-order valence-corrected chi connectivity index (χ0v) is 20.0. The van der Waals surface area contributed by atoms with Gasteiger partial charge in [-0.25, -0.2) is 4.99 Å². The van der Waals surface area contributed by atoms with Gasteiger partial charge in [0.1, 0.15) is 17.6 Å². The number of allylic oxidation sites excluding steroid dienone is 1. The van der Waals surface area contributed by atoms with E-state index in [0.29, 0.717) is 37.8 Å². The lowest BCUT2D eigenvalue weighted by molar-refractivity contribution is -0.113. The topological polar surface area (TPSA) is 94.4 Å². The Morgan fingerprint density at radius 1 is 1.15 bits per heavy atom. The molecule has 4 aromatic rings. The van der Waals surface area contributed by atoms with Crippen molar-refractivity contribution in [3.63, 3.8) is 0 Å². The van der Waals surface area contributed by atoms with Crippen LogP contribution >= 0.6 is 11.3 Å². The molecular formula is C25H23N5O3S. The van der Waals surface area contributed by atoms with E-state index < -0.39 is 6.04 Å². The van der Waals surface area contributed by atoms with Gasteiger partial charge in [0.05, 0.1) is 22.0 Å². The molecule has 0 saturated carbocycles. The Morgan fingerprint density at radius 3 is 2.56 bits per heavy atom. The molecule has 4 heterocycles. The summed E-state index contributed by atoms with van der Waals surface area (Å²) in [7, 11) is 1.86. The van der Waals surface area contributed by atoms with E-state index >= 15 is 0 Å². The quantitative estimate of drug-likeness (QED) is 0.493. The summed E-state index contributed by atoms with van der Waals surface area (Å²) in [6.07, 6.45) is 3.55. The molecule has 172 valence electrons. The first-order valence-corrected chi connectivity index (χ1v) is 11.6. The minimum absolute atomic E-state index is 0.233. The molecule has 0 spiro atoms. The Labute approximate surface area is 199 Å². The highest BCUT2D eigenvalue weighted by Gasteiger charge is 2.34. The molecule has 9 heteroatoms. The summed E-state index contributed by atoms with van der Waals surface area (Å²) in [6.45, 7) is 5.56. The molecule has 5 rings (SSSR count). The molecular weight excluding hydrogens is 450 g/mol. The van der Waals surface area contributed by atoms with Crippen molar-refractivity contribution in [1.29, 1.82) is 0 Å². The summed E-state index contributed by atoms with van der Waals surface area (Å²) in [5.41, 5.74) is 3.14. The normalized spacial score (nSPS) is 15.9. The number of carbonyl (C=O) groups is 1. The summed E-state index contributed by atoms with van der Waals surface area (Å²) < 4.78 is 9.75. The van der Waals surface area contributed by atoms with Gasteiger partial charge in [-0.15, -0.1) is 0 Å². The zero-order valence-electron chi connectivity index (χ0n) is 19.2. The minimum Gasteiger partial charge on any atom is -0.464 e. The Morgan fingerprint density at radius 2 is 1.91 bits per heavy atom. The molecule has 3 aromatic heterocycles. The number of aromatic nitrogens is 3. The molecule has 1 unspecified atom stereocenters. The molecule has 0 aliphatic carbocycles.